The Morgan fingerprint density at radius 3 is 2.63 bits per heavy atom. The van der Waals surface area contributed by atoms with Crippen molar-refractivity contribution in [1.29, 1.82) is 0 Å². The molecule has 0 bridgehead atoms. The number of carbonyl (C=O) groups excluding carboxylic acids is 1. The lowest BCUT2D eigenvalue weighted by Crippen LogP contribution is -2.55. The van der Waals surface area contributed by atoms with Crippen molar-refractivity contribution >= 4 is 23.6 Å². The maximum atomic E-state index is 12.2. The Morgan fingerprint density at radius 1 is 1.22 bits per heavy atom. The molecule has 1 amide bonds. The number of pyridine rings is 1. The highest BCUT2D eigenvalue weighted by Crippen LogP contribution is 2.35. The quantitative estimate of drug-likeness (QED) is 0.742. The third kappa shape index (κ3) is 3.93. The van der Waals surface area contributed by atoms with Gasteiger partial charge in [-0.1, -0.05) is 29.8 Å². The van der Waals surface area contributed by atoms with Gasteiger partial charge in [-0.2, -0.15) is 0 Å². The monoisotopic (exact) mass is 384 g/mol. The average Bonchev–Trinajstić information content (AvgIpc) is 3.41. The Balaban J connectivity index is 1.33. The molecule has 1 aliphatic carbocycles. The van der Waals surface area contributed by atoms with E-state index in [1.54, 1.807) is 23.1 Å². The molecule has 1 saturated carbocycles. The van der Waals surface area contributed by atoms with Crippen LogP contribution in [0.2, 0.25) is 5.02 Å². The molecule has 1 saturated heterocycles. The molecule has 2 aromatic rings. The summed E-state index contributed by atoms with van der Waals surface area (Å²) in [6, 6.07) is 11.2. The van der Waals surface area contributed by atoms with Crippen LogP contribution >= 0.6 is 11.6 Å². The van der Waals surface area contributed by atoms with Crippen molar-refractivity contribution in [2.75, 3.05) is 13.1 Å². The van der Waals surface area contributed by atoms with Crippen LogP contribution in [0.25, 0.3) is 6.08 Å². The fraction of sp³-hybridized carbons (Fsp3) is 0.333. The maximum Gasteiger partial charge on any atom is 0.254 e. The molecule has 1 aliphatic heterocycles. The van der Waals surface area contributed by atoms with E-state index in [1.165, 1.54) is 6.08 Å². The second-order valence-corrected chi connectivity index (χ2v) is 7.52. The second kappa shape index (κ2) is 7.24. The highest BCUT2D eigenvalue weighted by molar-refractivity contribution is 6.32. The molecule has 0 atom stereocenters. The van der Waals surface area contributed by atoms with Crippen molar-refractivity contribution in [2.24, 2.45) is 0 Å². The van der Waals surface area contributed by atoms with Crippen LogP contribution in [0.5, 0.6) is 5.75 Å². The largest absolute Gasteiger partial charge is 0.486 e. The number of nitrogens with zero attached hydrogens (tertiary/aromatic N) is 2. The Hall–Kier alpha value is -2.53. The van der Waals surface area contributed by atoms with E-state index >= 15 is 0 Å². The molecule has 0 unspecified atom stereocenters. The number of rotatable bonds is 5. The lowest BCUT2D eigenvalue weighted by Gasteiger charge is -2.38. The number of aryl methyl sites for hydroxylation is 1. The van der Waals surface area contributed by atoms with Gasteiger partial charge in [0, 0.05) is 28.9 Å². The molecular weight excluding hydrogens is 364 g/mol. The summed E-state index contributed by atoms with van der Waals surface area (Å²) in [7, 11) is 0. The number of hydrogen-bond donors (Lipinski definition) is 0. The predicted octanol–water partition coefficient (Wildman–Crippen LogP) is 3.45. The standard InChI is InChI=1S/C21H21ClN2O3/c1-14-10-17(11-21(26)24(14)16-7-8-16)27-18-12-23(13-18)20(25)9-6-15-4-2-3-5-19(15)22/h2-6,9-11,16,18H,7-8,12-13H2,1H3/b9-6+. The number of amides is 1. The first kappa shape index (κ1) is 17.9. The van der Waals surface area contributed by atoms with Gasteiger partial charge in [-0.3, -0.25) is 9.59 Å². The average molecular weight is 385 g/mol. The zero-order chi connectivity index (χ0) is 19.0. The van der Waals surface area contributed by atoms with Gasteiger partial charge in [0.15, 0.2) is 0 Å². The van der Waals surface area contributed by atoms with Gasteiger partial charge >= 0.3 is 0 Å². The van der Waals surface area contributed by atoms with Crippen LogP contribution < -0.4 is 10.3 Å². The Morgan fingerprint density at radius 2 is 1.96 bits per heavy atom. The van der Waals surface area contributed by atoms with E-state index in [2.05, 4.69) is 0 Å². The molecule has 6 heteroatoms. The number of likely N-dealkylation sites (tertiary alicyclic amines) is 1. The highest BCUT2D eigenvalue weighted by Gasteiger charge is 2.32. The minimum atomic E-state index is -0.0850. The van der Waals surface area contributed by atoms with E-state index in [-0.39, 0.29) is 17.6 Å². The van der Waals surface area contributed by atoms with Gasteiger partial charge in [0.05, 0.1) is 13.1 Å². The molecule has 2 heterocycles. The molecular formula is C21H21ClN2O3. The van der Waals surface area contributed by atoms with Crippen molar-refractivity contribution in [2.45, 2.75) is 31.9 Å². The van der Waals surface area contributed by atoms with Crippen LogP contribution in [0.1, 0.15) is 30.1 Å². The first-order valence-electron chi connectivity index (χ1n) is 9.12. The number of hydrogen-bond acceptors (Lipinski definition) is 3. The van der Waals surface area contributed by atoms with Gasteiger partial charge in [0.25, 0.3) is 5.56 Å². The van der Waals surface area contributed by atoms with E-state index in [0.717, 1.165) is 24.1 Å². The predicted molar refractivity (Wildman–Crippen MR) is 105 cm³/mol. The number of aromatic nitrogens is 1. The van der Waals surface area contributed by atoms with Gasteiger partial charge in [0.1, 0.15) is 11.9 Å². The van der Waals surface area contributed by atoms with E-state index in [0.29, 0.717) is 29.9 Å². The molecule has 27 heavy (non-hydrogen) atoms. The third-order valence-electron chi connectivity index (χ3n) is 4.92. The van der Waals surface area contributed by atoms with Crippen molar-refractivity contribution in [3.63, 3.8) is 0 Å². The smallest absolute Gasteiger partial charge is 0.254 e. The molecule has 1 aromatic heterocycles. The molecule has 2 fully saturated rings. The fourth-order valence-electron chi connectivity index (χ4n) is 3.31. The van der Waals surface area contributed by atoms with Gasteiger partial charge in [-0.25, -0.2) is 0 Å². The molecule has 0 N–H and O–H groups in total. The Bertz CT molecular complexity index is 956. The summed E-state index contributed by atoms with van der Waals surface area (Å²) in [5, 5.41) is 0.614. The lowest BCUT2D eigenvalue weighted by molar-refractivity contribution is -0.134. The van der Waals surface area contributed by atoms with Crippen molar-refractivity contribution in [3.05, 3.63) is 69.1 Å². The number of carbonyl (C=O) groups is 1. The van der Waals surface area contributed by atoms with Crippen LogP contribution in [-0.2, 0) is 4.79 Å². The van der Waals surface area contributed by atoms with Crippen LogP contribution in [0.3, 0.4) is 0 Å². The molecule has 2 aliphatic rings. The Labute approximate surface area is 162 Å². The molecule has 4 rings (SSSR count). The summed E-state index contributed by atoms with van der Waals surface area (Å²) >= 11 is 6.09. The van der Waals surface area contributed by atoms with E-state index in [1.807, 2.05) is 35.8 Å². The number of halogens is 1. The molecule has 140 valence electrons. The lowest BCUT2D eigenvalue weighted by atomic mass is 10.1. The van der Waals surface area contributed by atoms with E-state index in [4.69, 9.17) is 16.3 Å². The van der Waals surface area contributed by atoms with Crippen molar-refractivity contribution < 1.29 is 9.53 Å². The van der Waals surface area contributed by atoms with Crippen LogP contribution in [-0.4, -0.2) is 34.6 Å². The van der Waals surface area contributed by atoms with Crippen molar-refractivity contribution in [3.8, 4) is 5.75 Å². The zero-order valence-electron chi connectivity index (χ0n) is 15.1. The van der Waals surface area contributed by atoms with Gasteiger partial charge in [-0.15, -0.1) is 0 Å². The first-order valence-corrected chi connectivity index (χ1v) is 9.50. The van der Waals surface area contributed by atoms with Gasteiger partial charge in [-0.05, 0) is 43.5 Å². The molecule has 0 spiro atoms. The zero-order valence-corrected chi connectivity index (χ0v) is 15.9. The Kier molecular flexibility index (Phi) is 4.79. The summed E-state index contributed by atoms with van der Waals surface area (Å²) in [5.41, 5.74) is 1.73. The van der Waals surface area contributed by atoms with Gasteiger partial charge in [0.2, 0.25) is 5.91 Å². The van der Waals surface area contributed by atoms with E-state index in [9.17, 15) is 9.59 Å². The van der Waals surface area contributed by atoms with Crippen LogP contribution in [0, 0.1) is 6.92 Å². The maximum absolute atomic E-state index is 12.2. The first-order chi connectivity index (χ1) is 13.0. The summed E-state index contributed by atoms with van der Waals surface area (Å²) in [4.78, 5) is 26.2. The third-order valence-corrected chi connectivity index (χ3v) is 5.26. The van der Waals surface area contributed by atoms with Crippen molar-refractivity contribution in [1.82, 2.24) is 9.47 Å². The molecule has 1 aromatic carbocycles. The summed E-state index contributed by atoms with van der Waals surface area (Å²) in [6.45, 7) is 2.95. The number of ether oxygens (including phenoxy) is 1. The molecule has 0 radical (unpaired) electrons. The second-order valence-electron chi connectivity index (χ2n) is 7.11. The highest BCUT2D eigenvalue weighted by atomic mass is 35.5. The van der Waals surface area contributed by atoms with Crippen LogP contribution in [0.15, 0.2) is 47.3 Å². The van der Waals surface area contributed by atoms with E-state index < -0.39 is 0 Å². The molecule has 5 nitrogen and oxygen atoms in total. The van der Waals surface area contributed by atoms with Gasteiger partial charge < -0.3 is 14.2 Å². The minimum absolute atomic E-state index is 0.0116. The van der Waals surface area contributed by atoms with Crippen LogP contribution in [0.4, 0.5) is 0 Å². The fourth-order valence-corrected chi connectivity index (χ4v) is 3.51. The minimum Gasteiger partial charge on any atom is -0.486 e. The summed E-state index contributed by atoms with van der Waals surface area (Å²) in [6.07, 6.45) is 5.31. The topological polar surface area (TPSA) is 51.5 Å². The SMILES string of the molecule is Cc1cc(OC2CN(C(=O)/C=C/c3ccccc3Cl)C2)cc(=O)n1C1CC1. The summed E-state index contributed by atoms with van der Waals surface area (Å²) in [5.74, 6) is 0.508. The summed E-state index contributed by atoms with van der Waals surface area (Å²) < 4.78 is 7.71. The normalized spacial score (nSPS) is 17.2. The number of benzene rings is 1.